The van der Waals surface area contributed by atoms with Crippen LogP contribution in [0.4, 0.5) is 13.2 Å². The Labute approximate surface area is 179 Å². The summed E-state index contributed by atoms with van der Waals surface area (Å²) in [6.07, 6.45) is -3.44. The molecular formula is C21H23F3N2O4S. The van der Waals surface area contributed by atoms with Crippen LogP contribution in [-0.2, 0) is 21.0 Å². The smallest absolute Gasteiger partial charge is 0.416 e. The van der Waals surface area contributed by atoms with Gasteiger partial charge >= 0.3 is 6.18 Å². The maximum Gasteiger partial charge on any atom is 0.416 e. The maximum absolute atomic E-state index is 12.8. The predicted octanol–water partition coefficient (Wildman–Crippen LogP) is 3.30. The fourth-order valence-electron chi connectivity index (χ4n) is 3.29. The van der Waals surface area contributed by atoms with E-state index in [-0.39, 0.29) is 25.0 Å². The molecule has 2 aromatic rings. The van der Waals surface area contributed by atoms with Crippen molar-refractivity contribution in [1.29, 1.82) is 0 Å². The van der Waals surface area contributed by atoms with Gasteiger partial charge in [0.1, 0.15) is 5.75 Å². The van der Waals surface area contributed by atoms with Gasteiger partial charge in [-0.25, -0.2) is 13.1 Å². The Morgan fingerprint density at radius 2 is 1.74 bits per heavy atom. The Balaban J connectivity index is 1.47. The van der Waals surface area contributed by atoms with E-state index in [1.807, 2.05) is 18.2 Å². The Morgan fingerprint density at radius 3 is 2.39 bits per heavy atom. The average Bonchev–Trinajstić information content (AvgIpc) is 2.77. The molecule has 6 nitrogen and oxygen atoms in total. The van der Waals surface area contributed by atoms with Crippen LogP contribution >= 0.6 is 0 Å². The fraction of sp³-hybridized carbons (Fsp3) is 0.381. The number of rotatable bonds is 7. The van der Waals surface area contributed by atoms with E-state index in [0.29, 0.717) is 37.7 Å². The molecule has 0 aliphatic carbocycles. The first-order chi connectivity index (χ1) is 14.6. The van der Waals surface area contributed by atoms with Crippen molar-refractivity contribution in [1.82, 2.24) is 9.62 Å². The summed E-state index contributed by atoms with van der Waals surface area (Å²) in [5, 5.41) is 0. The number of nitrogens with zero attached hydrogens (tertiary/aromatic N) is 1. The zero-order valence-electron chi connectivity index (χ0n) is 16.6. The van der Waals surface area contributed by atoms with Crippen LogP contribution in [0.2, 0.25) is 0 Å². The number of alkyl halides is 3. The van der Waals surface area contributed by atoms with Crippen molar-refractivity contribution in [3.63, 3.8) is 0 Å². The lowest BCUT2D eigenvalue weighted by atomic mass is 9.97. The zero-order valence-corrected chi connectivity index (χ0v) is 17.5. The molecule has 1 aliphatic rings. The van der Waals surface area contributed by atoms with Crippen LogP contribution in [0.25, 0.3) is 0 Å². The summed E-state index contributed by atoms with van der Waals surface area (Å²) in [7, 11) is -4.06. The number of hydrogen-bond donors (Lipinski definition) is 1. The van der Waals surface area contributed by atoms with E-state index in [2.05, 4.69) is 4.72 Å². The van der Waals surface area contributed by atoms with E-state index in [1.165, 1.54) is 0 Å². The van der Waals surface area contributed by atoms with Gasteiger partial charge in [0.15, 0.2) is 6.61 Å². The summed E-state index contributed by atoms with van der Waals surface area (Å²) in [4.78, 5) is 13.5. The number of likely N-dealkylation sites (tertiary alicyclic amines) is 1. The normalized spacial score (nSPS) is 15.6. The van der Waals surface area contributed by atoms with Crippen LogP contribution in [0.3, 0.4) is 0 Å². The second-order valence-electron chi connectivity index (χ2n) is 7.30. The number of ether oxygens (including phenoxy) is 1. The van der Waals surface area contributed by atoms with Crippen molar-refractivity contribution < 1.29 is 31.1 Å². The van der Waals surface area contributed by atoms with Crippen molar-refractivity contribution in [3.05, 3.63) is 60.2 Å². The van der Waals surface area contributed by atoms with Gasteiger partial charge in [0, 0.05) is 19.6 Å². The van der Waals surface area contributed by atoms with E-state index in [4.69, 9.17) is 4.74 Å². The first-order valence-electron chi connectivity index (χ1n) is 9.78. The van der Waals surface area contributed by atoms with E-state index in [9.17, 15) is 26.4 Å². The first kappa shape index (κ1) is 23.1. The molecule has 3 rings (SSSR count). The number of hydrogen-bond acceptors (Lipinski definition) is 4. The number of sulfonamides is 1. The highest BCUT2D eigenvalue weighted by atomic mass is 32.2. The Kier molecular flexibility index (Phi) is 7.22. The maximum atomic E-state index is 12.8. The molecule has 2 aromatic carbocycles. The van der Waals surface area contributed by atoms with Crippen LogP contribution in [0.5, 0.6) is 5.75 Å². The molecule has 1 amide bonds. The standard InChI is InChI=1S/C21H23F3N2O4S/c22-21(23,24)17-5-4-8-19(13-17)31(28,29)25-14-16-9-11-26(12-10-16)20(27)15-30-18-6-2-1-3-7-18/h1-8,13,16,25H,9-12,14-15H2. The topological polar surface area (TPSA) is 75.7 Å². The molecule has 1 aliphatic heterocycles. The van der Waals surface area contributed by atoms with Gasteiger partial charge in [0.05, 0.1) is 10.5 Å². The van der Waals surface area contributed by atoms with E-state index in [1.54, 1.807) is 17.0 Å². The van der Waals surface area contributed by atoms with Crippen molar-refractivity contribution in [2.24, 2.45) is 5.92 Å². The fourth-order valence-corrected chi connectivity index (χ4v) is 4.45. The van der Waals surface area contributed by atoms with Crippen molar-refractivity contribution in [2.45, 2.75) is 23.9 Å². The van der Waals surface area contributed by atoms with E-state index >= 15 is 0 Å². The summed E-state index contributed by atoms with van der Waals surface area (Å²) in [6.45, 7) is 0.956. The van der Waals surface area contributed by atoms with Crippen molar-refractivity contribution in [3.8, 4) is 5.75 Å². The molecule has 0 aromatic heterocycles. The molecular weight excluding hydrogens is 433 g/mol. The molecule has 0 saturated carbocycles. The van der Waals surface area contributed by atoms with Crippen molar-refractivity contribution in [2.75, 3.05) is 26.2 Å². The van der Waals surface area contributed by atoms with Crippen LogP contribution < -0.4 is 9.46 Å². The largest absolute Gasteiger partial charge is 0.484 e. The molecule has 0 spiro atoms. The molecule has 1 N–H and O–H groups in total. The molecule has 0 bridgehead atoms. The molecule has 1 fully saturated rings. The third-order valence-electron chi connectivity index (χ3n) is 5.11. The van der Waals surface area contributed by atoms with Gasteiger partial charge in [-0.05, 0) is 49.1 Å². The molecule has 31 heavy (non-hydrogen) atoms. The second kappa shape index (κ2) is 9.69. The van der Waals surface area contributed by atoms with Crippen LogP contribution in [0.15, 0.2) is 59.5 Å². The first-order valence-corrected chi connectivity index (χ1v) is 11.3. The highest BCUT2D eigenvalue weighted by Gasteiger charge is 2.32. The van der Waals surface area contributed by atoms with Gasteiger partial charge in [-0.3, -0.25) is 4.79 Å². The Bertz CT molecular complexity index is 989. The SMILES string of the molecule is O=C(COc1ccccc1)N1CCC(CNS(=O)(=O)c2cccc(C(F)(F)F)c2)CC1. The van der Waals surface area contributed by atoms with E-state index in [0.717, 1.165) is 18.2 Å². The van der Waals surface area contributed by atoms with Gasteiger partial charge in [-0.15, -0.1) is 0 Å². The lowest BCUT2D eigenvalue weighted by Gasteiger charge is -2.32. The number of carbonyl (C=O) groups excluding carboxylic acids is 1. The quantitative estimate of drug-likeness (QED) is 0.694. The van der Waals surface area contributed by atoms with Gasteiger partial charge in [0.25, 0.3) is 5.91 Å². The lowest BCUT2D eigenvalue weighted by molar-refractivity contribution is -0.137. The monoisotopic (exact) mass is 456 g/mol. The third-order valence-corrected chi connectivity index (χ3v) is 6.53. The third kappa shape index (κ3) is 6.44. The molecule has 0 atom stereocenters. The number of halogens is 3. The number of para-hydroxylation sites is 1. The average molecular weight is 456 g/mol. The number of piperidine rings is 1. The molecule has 168 valence electrons. The van der Waals surface area contributed by atoms with Gasteiger partial charge in [0.2, 0.25) is 10.0 Å². The van der Waals surface area contributed by atoms with Crippen LogP contribution in [0.1, 0.15) is 18.4 Å². The van der Waals surface area contributed by atoms with E-state index < -0.39 is 26.7 Å². The summed E-state index contributed by atoms with van der Waals surface area (Å²) < 4.78 is 71.1. The van der Waals surface area contributed by atoms with Crippen LogP contribution in [-0.4, -0.2) is 45.5 Å². The second-order valence-corrected chi connectivity index (χ2v) is 9.07. The summed E-state index contributed by atoms with van der Waals surface area (Å²) >= 11 is 0. The van der Waals surface area contributed by atoms with Gasteiger partial charge < -0.3 is 9.64 Å². The summed E-state index contributed by atoms with van der Waals surface area (Å²) in [5.74, 6) is 0.446. The number of amides is 1. The van der Waals surface area contributed by atoms with Gasteiger partial charge in [-0.1, -0.05) is 24.3 Å². The lowest BCUT2D eigenvalue weighted by Crippen LogP contribution is -2.43. The van der Waals surface area contributed by atoms with Crippen LogP contribution in [0, 0.1) is 5.92 Å². The minimum atomic E-state index is -4.62. The van der Waals surface area contributed by atoms with Crippen molar-refractivity contribution >= 4 is 15.9 Å². The molecule has 10 heteroatoms. The zero-order chi connectivity index (χ0) is 22.5. The minimum Gasteiger partial charge on any atom is -0.484 e. The van der Waals surface area contributed by atoms with Gasteiger partial charge in [-0.2, -0.15) is 13.2 Å². The molecule has 0 radical (unpaired) electrons. The highest BCUT2D eigenvalue weighted by molar-refractivity contribution is 7.89. The Hall–Kier alpha value is -2.59. The molecule has 1 heterocycles. The Morgan fingerprint density at radius 1 is 1.06 bits per heavy atom. The summed E-state index contributed by atoms with van der Waals surface area (Å²) in [6, 6.07) is 12.6. The highest BCUT2D eigenvalue weighted by Crippen LogP contribution is 2.30. The summed E-state index contributed by atoms with van der Waals surface area (Å²) in [5.41, 5.74) is -1.01. The molecule has 1 saturated heterocycles. The molecule has 0 unspecified atom stereocenters. The minimum absolute atomic E-state index is 0.0142. The number of carbonyl (C=O) groups is 1. The predicted molar refractivity (Wildman–Crippen MR) is 108 cm³/mol. The number of benzene rings is 2. The number of nitrogens with one attached hydrogen (secondary N) is 1.